The van der Waals surface area contributed by atoms with E-state index in [-0.39, 0.29) is 6.10 Å². The minimum atomic E-state index is -0.336. The molecular weight excluding hydrogens is 294 g/mol. The van der Waals surface area contributed by atoms with Crippen molar-refractivity contribution in [3.63, 3.8) is 0 Å². The van der Waals surface area contributed by atoms with E-state index >= 15 is 0 Å². The van der Waals surface area contributed by atoms with Crippen molar-refractivity contribution in [1.29, 1.82) is 0 Å². The zero-order valence-corrected chi connectivity index (χ0v) is 11.7. The molecule has 1 atom stereocenters. The molecule has 1 unspecified atom stereocenters. The first-order valence-corrected chi connectivity index (χ1v) is 6.83. The Balaban J connectivity index is 2.15. The van der Waals surface area contributed by atoms with Crippen molar-refractivity contribution in [2.45, 2.75) is 32.3 Å². The van der Waals surface area contributed by atoms with Crippen molar-refractivity contribution in [1.82, 2.24) is 14.5 Å². The standard InChI is InChI=1S/C13H14BrN3O/c1-8-5-9-10(3-2-4-11(9)18)17(8)13-7-15-12(14)6-16-13/h5-7,11,18H,2-4H2,1H3. The molecule has 0 bridgehead atoms. The summed E-state index contributed by atoms with van der Waals surface area (Å²) >= 11 is 3.29. The van der Waals surface area contributed by atoms with E-state index in [1.54, 1.807) is 12.4 Å². The third kappa shape index (κ3) is 1.87. The number of halogens is 1. The van der Waals surface area contributed by atoms with Crippen LogP contribution in [0.3, 0.4) is 0 Å². The second kappa shape index (κ2) is 4.48. The number of nitrogens with zero attached hydrogens (tertiary/aromatic N) is 3. The van der Waals surface area contributed by atoms with Gasteiger partial charge in [0.2, 0.25) is 0 Å². The Labute approximate surface area is 114 Å². The number of hydrogen-bond donors (Lipinski definition) is 1. The number of aryl methyl sites for hydroxylation is 1. The SMILES string of the molecule is Cc1cc2c(n1-c1cnc(Br)cn1)CCCC2O. The number of aliphatic hydroxyl groups excluding tert-OH is 1. The fourth-order valence-corrected chi connectivity index (χ4v) is 2.82. The van der Waals surface area contributed by atoms with Gasteiger partial charge in [-0.25, -0.2) is 9.97 Å². The minimum Gasteiger partial charge on any atom is -0.388 e. The van der Waals surface area contributed by atoms with Crippen LogP contribution in [-0.4, -0.2) is 19.6 Å². The number of aliphatic hydroxyl groups is 1. The maximum Gasteiger partial charge on any atom is 0.155 e. The monoisotopic (exact) mass is 307 g/mol. The first kappa shape index (κ1) is 11.9. The van der Waals surface area contributed by atoms with Crippen molar-refractivity contribution in [3.8, 4) is 5.82 Å². The van der Waals surface area contributed by atoms with Gasteiger partial charge in [-0.2, -0.15) is 0 Å². The first-order valence-electron chi connectivity index (χ1n) is 6.04. The van der Waals surface area contributed by atoms with Crippen LogP contribution in [-0.2, 0) is 6.42 Å². The van der Waals surface area contributed by atoms with Gasteiger partial charge in [0.25, 0.3) is 0 Å². The van der Waals surface area contributed by atoms with Gasteiger partial charge in [0.1, 0.15) is 4.60 Å². The van der Waals surface area contributed by atoms with E-state index in [1.165, 1.54) is 5.69 Å². The van der Waals surface area contributed by atoms with E-state index in [9.17, 15) is 5.11 Å². The molecule has 0 aliphatic heterocycles. The van der Waals surface area contributed by atoms with Gasteiger partial charge < -0.3 is 9.67 Å². The summed E-state index contributed by atoms with van der Waals surface area (Å²) < 4.78 is 2.82. The fraction of sp³-hybridized carbons (Fsp3) is 0.385. The summed E-state index contributed by atoms with van der Waals surface area (Å²) in [6.45, 7) is 2.04. The van der Waals surface area contributed by atoms with Crippen LogP contribution in [0.5, 0.6) is 0 Å². The zero-order chi connectivity index (χ0) is 12.7. The van der Waals surface area contributed by atoms with Gasteiger partial charge >= 0.3 is 0 Å². The Hall–Kier alpha value is -1.20. The Morgan fingerprint density at radius 3 is 2.94 bits per heavy atom. The van der Waals surface area contributed by atoms with Gasteiger partial charge in [-0.15, -0.1) is 0 Å². The van der Waals surface area contributed by atoms with Crippen LogP contribution in [0.2, 0.25) is 0 Å². The van der Waals surface area contributed by atoms with Crippen LogP contribution >= 0.6 is 15.9 Å². The van der Waals surface area contributed by atoms with Crippen LogP contribution in [0.4, 0.5) is 0 Å². The third-order valence-corrected chi connectivity index (χ3v) is 3.82. The Morgan fingerprint density at radius 2 is 2.22 bits per heavy atom. The van der Waals surface area contributed by atoms with Crippen LogP contribution in [0.15, 0.2) is 23.1 Å². The lowest BCUT2D eigenvalue weighted by Crippen LogP contribution is -2.12. The van der Waals surface area contributed by atoms with Gasteiger partial charge in [-0.3, -0.25) is 0 Å². The molecule has 1 aliphatic carbocycles. The van der Waals surface area contributed by atoms with Crippen molar-refractivity contribution in [3.05, 3.63) is 40.0 Å². The van der Waals surface area contributed by atoms with Crippen molar-refractivity contribution in [2.75, 3.05) is 0 Å². The van der Waals surface area contributed by atoms with Crippen LogP contribution in [0.25, 0.3) is 5.82 Å². The quantitative estimate of drug-likeness (QED) is 0.881. The molecule has 4 nitrogen and oxygen atoms in total. The molecule has 0 fully saturated rings. The molecule has 0 radical (unpaired) electrons. The molecule has 2 aromatic rings. The molecule has 0 saturated heterocycles. The largest absolute Gasteiger partial charge is 0.388 e. The highest BCUT2D eigenvalue weighted by atomic mass is 79.9. The molecule has 94 valence electrons. The number of rotatable bonds is 1. The molecule has 2 heterocycles. The van der Waals surface area contributed by atoms with E-state index in [0.29, 0.717) is 0 Å². The van der Waals surface area contributed by atoms with Crippen LogP contribution in [0, 0.1) is 6.92 Å². The average Bonchev–Trinajstić information content (AvgIpc) is 2.69. The number of hydrogen-bond acceptors (Lipinski definition) is 3. The van der Waals surface area contributed by atoms with E-state index in [2.05, 4.69) is 36.5 Å². The van der Waals surface area contributed by atoms with Gasteiger partial charge in [0, 0.05) is 17.0 Å². The van der Waals surface area contributed by atoms with E-state index in [1.807, 2.05) is 6.92 Å². The lowest BCUT2D eigenvalue weighted by atomic mass is 9.95. The summed E-state index contributed by atoms with van der Waals surface area (Å²) in [6, 6.07) is 2.06. The summed E-state index contributed by atoms with van der Waals surface area (Å²) in [5, 5.41) is 10.0. The van der Waals surface area contributed by atoms with E-state index in [4.69, 9.17) is 0 Å². The lowest BCUT2D eigenvalue weighted by Gasteiger charge is -2.19. The lowest BCUT2D eigenvalue weighted by molar-refractivity contribution is 0.156. The molecule has 0 aromatic carbocycles. The zero-order valence-electron chi connectivity index (χ0n) is 10.1. The number of aromatic nitrogens is 3. The molecule has 0 spiro atoms. The highest BCUT2D eigenvalue weighted by molar-refractivity contribution is 9.10. The maximum atomic E-state index is 10.0. The summed E-state index contributed by atoms with van der Waals surface area (Å²) in [6.07, 6.45) is 5.96. The Kier molecular flexibility index (Phi) is 2.95. The molecule has 18 heavy (non-hydrogen) atoms. The van der Waals surface area contributed by atoms with Gasteiger partial charge in [-0.05, 0) is 48.2 Å². The van der Waals surface area contributed by atoms with Gasteiger partial charge in [0.15, 0.2) is 5.82 Å². The van der Waals surface area contributed by atoms with E-state index in [0.717, 1.165) is 40.9 Å². The van der Waals surface area contributed by atoms with E-state index < -0.39 is 0 Å². The predicted octanol–water partition coefficient (Wildman–Crippen LogP) is 2.71. The summed E-state index contributed by atoms with van der Waals surface area (Å²) in [4.78, 5) is 8.60. The topological polar surface area (TPSA) is 50.9 Å². The highest BCUT2D eigenvalue weighted by Crippen LogP contribution is 2.33. The Bertz CT molecular complexity index is 577. The summed E-state index contributed by atoms with van der Waals surface area (Å²) in [7, 11) is 0. The molecule has 3 rings (SSSR count). The van der Waals surface area contributed by atoms with Crippen molar-refractivity contribution >= 4 is 15.9 Å². The molecular formula is C13H14BrN3O. The maximum absolute atomic E-state index is 10.0. The molecule has 0 amide bonds. The number of fused-ring (bicyclic) bond motifs is 1. The highest BCUT2D eigenvalue weighted by Gasteiger charge is 2.24. The molecule has 1 aliphatic rings. The normalized spacial score (nSPS) is 18.7. The smallest absolute Gasteiger partial charge is 0.155 e. The van der Waals surface area contributed by atoms with Crippen LogP contribution < -0.4 is 0 Å². The Morgan fingerprint density at radius 1 is 1.39 bits per heavy atom. The fourth-order valence-electron chi connectivity index (χ4n) is 2.62. The second-order valence-electron chi connectivity index (χ2n) is 4.63. The molecule has 1 N–H and O–H groups in total. The predicted molar refractivity (Wildman–Crippen MR) is 71.7 cm³/mol. The average molecular weight is 308 g/mol. The third-order valence-electron chi connectivity index (χ3n) is 3.41. The molecule has 0 saturated carbocycles. The summed E-state index contributed by atoms with van der Waals surface area (Å²) in [5.74, 6) is 0.811. The van der Waals surface area contributed by atoms with Gasteiger partial charge in [0.05, 0.1) is 18.5 Å². The molecule has 2 aromatic heterocycles. The second-order valence-corrected chi connectivity index (χ2v) is 5.44. The molecule has 5 heteroatoms. The van der Waals surface area contributed by atoms with Gasteiger partial charge in [-0.1, -0.05) is 0 Å². The first-order chi connectivity index (χ1) is 8.66. The summed E-state index contributed by atoms with van der Waals surface area (Å²) in [5.41, 5.74) is 3.31. The minimum absolute atomic E-state index is 0.336. The van der Waals surface area contributed by atoms with Crippen LogP contribution in [0.1, 0.15) is 35.9 Å². The van der Waals surface area contributed by atoms with Crippen molar-refractivity contribution in [2.24, 2.45) is 0 Å². The van der Waals surface area contributed by atoms with Crippen molar-refractivity contribution < 1.29 is 5.11 Å².